The zero-order chi connectivity index (χ0) is 14.0. The van der Waals surface area contributed by atoms with Gasteiger partial charge in [0.2, 0.25) is 11.8 Å². The number of amidine groups is 1. The highest BCUT2D eigenvalue weighted by atomic mass is 35.5. The number of thioether (sulfide) groups is 1. The molecule has 8 heteroatoms. The van der Waals surface area contributed by atoms with Crippen LogP contribution in [0.4, 0.5) is 5.69 Å². The first-order chi connectivity index (χ1) is 8.94. The predicted molar refractivity (Wildman–Crippen MR) is 77.0 cm³/mol. The molecular weight excluding hydrogens is 309 g/mol. The molecule has 100 valence electrons. The van der Waals surface area contributed by atoms with Gasteiger partial charge in [0.15, 0.2) is 5.17 Å². The molecule has 0 radical (unpaired) electrons. The quantitative estimate of drug-likeness (QED) is 0.783. The molecule has 1 aliphatic heterocycles. The number of carbonyl (C=O) groups excluding carboxylic acids is 2. The standard InChI is InChI=1S/C11H9Cl2N3O2S/c12-5-1-6(13)3-7(2-5)15-10(18)8-4-9(17)16-11(14)19-8/h1-3,8H,4H2,(H,15,18)(H2,14,16,17). The van der Waals surface area contributed by atoms with Crippen molar-refractivity contribution in [3.8, 4) is 0 Å². The number of benzene rings is 1. The van der Waals surface area contributed by atoms with Gasteiger partial charge in [-0.2, -0.15) is 0 Å². The van der Waals surface area contributed by atoms with Gasteiger partial charge in [0.05, 0.1) is 0 Å². The molecule has 1 unspecified atom stereocenters. The molecule has 0 aromatic heterocycles. The van der Waals surface area contributed by atoms with E-state index in [-0.39, 0.29) is 23.4 Å². The molecule has 0 aliphatic carbocycles. The number of halogens is 2. The van der Waals surface area contributed by atoms with Crippen molar-refractivity contribution < 1.29 is 9.59 Å². The molecule has 1 aromatic carbocycles. The molecule has 1 aromatic rings. The molecule has 1 fully saturated rings. The van der Waals surface area contributed by atoms with E-state index in [0.717, 1.165) is 11.8 Å². The van der Waals surface area contributed by atoms with E-state index in [0.29, 0.717) is 15.7 Å². The zero-order valence-corrected chi connectivity index (χ0v) is 11.8. The summed E-state index contributed by atoms with van der Waals surface area (Å²) < 4.78 is 0. The van der Waals surface area contributed by atoms with Crippen LogP contribution < -0.4 is 10.6 Å². The van der Waals surface area contributed by atoms with Crippen LogP contribution in [0.1, 0.15) is 6.42 Å². The van der Waals surface area contributed by atoms with E-state index in [2.05, 4.69) is 10.6 Å². The van der Waals surface area contributed by atoms with Crippen LogP contribution in [-0.4, -0.2) is 22.2 Å². The topological polar surface area (TPSA) is 82.1 Å². The van der Waals surface area contributed by atoms with Crippen LogP contribution in [0.3, 0.4) is 0 Å². The van der Waals surface area contributed by atoms with Crippen molar-refractivity contribution in [3.05, 3.63) is 28.2 Å². The number of amides is 2. The van der Waals surface area contributed by atoms with Crippen molar-refractivity contribution in [2.75, 3.05) is 5.32 Å². The summed E-state index contributed by atoms with van der Waals surface area (Å²) in [5.74, 6) is -0.698. The highest BCUT2D eigenvalue weighted by Gasteiger charge is 2.29. The lowest BCUT2D eigenvalue weighted by Gasteiger charge is -2.21. The average Bonchev–Trinajstić information content (AvgIpc) is 2.25. The van der Waals surface area contributed by atoms with Gasteiger partial charge in [0, 0.05) is 22.2 Å². The van der Waals surface area contributed by atoms with Crippen molar-refractivity contribution in [1.82, 2.24) is 5.32 Å². The fraction of sp³-hybridized carbons (Fsp3) is 0.182. The number of hydrogen-bond acceptors (Lipinski definition) is 4. The van der Waals surface area contributed by atoms with E-state index in [4.69, 9.17) is 28.6 Å². The van der Waals surface area contributed by atoms with Crippen molar-refractivity contribution in [1.29, 1.82) is 5.41 Å². The van der Waals surface area contributed by atoms with E-state index in [9.17, 15) is 9.59 Å². The van der Waals surface area contributed by atoms with Crippen LogP contribution in [-0.2, 0) is 9.59 Å². The second kappa shape index (κ2) is 5.81. The van der Waals surface area contributed by atoms with Crippen LogP contribution >= 0.6 is 35.0 Å². The van der Waals surface area contributed by atoms with E-state index >= 15 is 0 Å². The minimum Gasteiger partial charge on any atom is -0.325 e. The highest BCUT2D eigenvalue weighted by molar-refractivity contribution is 8.15. The first kappa shape index (κ1) is 14.2. The van der Waals surface area contributed by atoms with Crippen LogP contribution in [0.25, 0.3) is 0 Å². The fourth-order valence-corrected chi connectivity index (χ4v) is 2.94. The maximum atomic E-state index is 12.0. The number of nitrogens with one attached hydrogen (secondary N) is 3. The van der Waals surface area contributed by atoms with Gasteiger partial charge < -0.3 is 10.6 Å². The van der Waals surface area contributed by atoms with Crippen LogP contribution in [0.5, 0.6) is 0 Å². The molecule has 1 heterocycles. The maximum absolute atomic E-state index is 12.0. The smallest absolute Gasteiger partial charge is 0.238 e. The third-order valence-electron chi connectivity index (χ3n) is 2.31. The van der Waals surface area contributed by atoms with Crippen LogP contribution in [0, 0.1) is 5.41 Å². The SMILES string of the molecule is N=C1NC(=O)CC(C(=O)Nc2cc(Cl)cc(Cl)c2)S1. The summed E-state index contributed by atoms with van der Waals surface area (Å²) >= 11 is 12.7. The zero-order valence-electron chi connectivity index (χ0n) is 9.50. The first-order valence-corrected chi connectivity index (χ1v) is 6.89. The molecule has 0 bridgehead atoms. The summed E-state index contributed by atoms with van der Waals surface area (Å²) in [6.07, 6.45) is 0.0349. The monoisotopic (exact) mass is 317 g/mol. The Kier molecular flexibility index (Phi) is 4.34. The van der Waals surface area contributed by atoms with Crippen LogP contribution in [0.2, 0.25) is 10.0 Å². The fourth-order valence-electron chi connectivity index (χ4n) is 1.55. The Labute approximate surface area is 123 Å². The van der Waals surface area contributed by atoms with Gasteiger partial charge in [-0.15, -0.1) is 0 Å². The molecular formula is C11H9Cl2N3O2S. The minimum absolute atomic E-state index is 0.0273. The molecule has 3 N–H and O–H groups in total. The normalized spacial score (nSPS) is 18.9. The molecule has 0 spiro atoms. The Morgan fingerprint density at radius 3 is 2.58 bits per heavy atom. The summed E-state index contributed by atoms with van der Waals surface area (Å²) in [5.41, 5.74) is 0.459. The van der Waals surface area contributed by atoms with E-state index in [1.807, 2.05) is 0 Å². The Bertz CT molecular complexity index is 529. The molecule has 2 rings (SSSR count). The van der Waals surface area contributed by atoms with Gasteiger partial charge in [0.1, 0.15) is 5.25 Å². The lowest BCUT2D eigenvalue weighted by atomic mass is 10.2. The summed E-state index contributed by atoms with van der Waals surface area (Å²) in [4.78, 5) is 23.2. The summed E-state index contributed by atoms with van der Waals surface area (Å²) in [6, 6.07) is 4.67. The Hall–Kier alpha value is -1.24. The lowest BCUT2D eigenvalue weighted by Crippen LogP contribution is -2.41. The van der Waals surface area contributed by atoms with Gasteiger partial charge in [0.25, 0.3) is 0 Å². The Morgan fingerprint density at radius 1 is 1.37 bits per heavy atom. The van der Waals surface area contributed by atoms with E-state index in [1.54, 1.807) is 18.2 Å². The lowest BCUT2D eigenvalue weighted by molar-refractivity contribution is -0.123. The van der Waals surface area contributed by atoms with Gasteiger partial charge in [-0.3, -0.25) is 15.0 Å². The number of rotatable bonds is 2. The molecule has 1 aliphatic rings. The van der Waals surface area contributed by atoms with Crippen molar-refractivity contribution >= 4 is 57.6 Å². The van der Waals surface area contributed by atoms with Gasteiger partial charge in [-0.1, -0.05) is 35.0 Å². The van der Waals surface area contributed by atoms with Crippen molar-refractivity contribution in [2.24, 2.45) is 0 Å². The number of hydrogen-bond donors (Lipinski definition) is 3. The third-order valence-corrected chi connectivity index (χ3v) is 3.75. The van der Waals surface area contributed by atoms with E-state index < -0.39 is 5.25 Å². The maximum Gasteiger partial charge on any atom is 0.238 e. The predicted octanol–water partition coefficient (Wildman–Crippen LogP) is 2.49. The second-order valence-corrected chi connectivity index (χ2v) is 5.92. The Morgan fingerprint density at radius 2 is 2.00 bits per heavy atom. The van der Waals surface area contributed by atoms with Gasteiger partial charge in [-0.05, 0) is 18.2 Å². The van der Waals surface area contributed by atoms with Crippen molar-refractivity contribution in [2.45, 2.75) is 11.7 Å². The minimum atomic E-state index is -0.626. The molecule has 2 amide bonds. The molecule has 5 nitrogen and oxygen atoms in total. The molecule has 1 saturated heterocycles. The number of anilines is 1. The van der Waals surface area contributed by atoms with Crippen LogP contribution in [0.15, 0.2) is 18.2 Å². The molecule has 19 heavy (non-hydrogen) atoms. The summed E-state index contributed by atoms with van der Waals surface area (Å²) in [7, 11) is 0. The first-order valence-electron chi connectivity index (χ1n) is 5.26. The highest BCUT2D eigenvalue weighted by Crippen LogP contribution is 2.25. The largest absolute Gasteiger partial charge is 0.325 e. The summed E-state index contributed by atoms with van der Waals surface area (Å²) in [5, 5.41) is 12.5. The number of carbonyl (C=O) groups is 2. The average molecular weight is 318 g/mol. The Balaban J connectivity index is 2.08. The van der Waals surface area contributed by atoms with Gasteiger partial charge in [-0.25, -0.2) is 0 Å². The molecule has 1 atom stereocenters. The molecule has 0 saturated carbocycles. The van der Waals surface area contributed by atoms with Crippen molar-refractivity contribution in [3.63, 3.8) is 0 Å². The van der Waals surface area contributed by atoms with Gasteiger partial charge >= 0.3 is 0 Å². The summed E-state index contributed by atoms with van der Waals surface area (Å²) in [6.45, 7) is 0. The second-order valence-electron chi connectivity index (χ2n) is 3.84. The van der Waals surface area contributed by atoms with E-state index in [1.165, 1.54) is 0 Å². The third kappa shape index (κ3) is 3.86.